The zero-order valence-corrected chi connectivity index (χ0v) is 19.6. The molecule has 170 valence electrons. The van der Waals surface area contributed by atoms with Gasteiger partial charge >= 0.3 is 0 Å². The van der Waals surface area contributed by atoms with E-state index in [1.165, 1.54) is 6.07 Å². The molecule has 0 saturated heterocycles. The van der Waals surface area contributed by atoms with Crippen molar-refractivity contribution < 1.29 is 9.18 Å². The number of pyridine rings is 1. The minimum atomic E-state index is -0.255. The first-order valence-corrected chi connectivity index (χ1v) is 11.4. The van der Waals surface area contributed by atoms with Crippen LogP contribution in [0, 0.1) is 12.7 Å². The summed E-state index contributed by atoms with van der Waals surface area (Å²) in [5, 5.41) is 0. The number of aromatic nitrogens is 1. The van der Waals surface area contributed by atoms with Crippen molar-refractivity contribution in [1.29, 1.82) is 0 Å². The number of carbonyl (C=O) groups excluding carboxylic acids is 1. The Labute approximate surface area is 196 Å². The van der Waals surface area contributed by atoms with Crippen LogP contribution in [0.1, 0.15) is 52.8 Å². The van der Waals surface area contributed by atoms with Crippen molar-refractivity contribution in [2.75, 3.05) is 7.05 Å². The molecule has 0 aliphatic carbocycles. The Kier molecular flexibility index (Phi) is 8.82. The molecule has 2 aromatic carbocycles. The van der Waals surface area contributed by atoms with Gasteiger partial charge in [0, 0.05) is 24.9 Å². The zero-order valence-electron chi connectivity index (χ0n) is 19.6. The second-order valence-corrected chi connectivity index (χ2v) is 8.20. The molecule has 1 atom stereocenters. The van der Waals surface area contributed by atoms with E-state index in [4.69, 9.17) is 0 Å². The number of aryl methyl sites for hydroxylation is 3. The lowest BCUT2D eigenvalue weighted by Gasteiger charge is -2.18. The molecule has 4 heteroatoms. The Bertz CT molecular complexity index is 1150. The molecule has 0 spiro atoms. The van der Waals surface area contributed by atoms with Gasteiger partial charge in [-0.25, -0.2) is 4.39 Å². The highest BCUT2D eigenvalue weighted by atomic mass is 19.1. The van der Waals surface area contributed by atoms with Gasteiger partial charge in [-0.3, -0.25) is 9.98 Å². The lowest BCUT2D eigenvalue weighted by Crippen LogP contribution is -2.11. The minimum absolute atomic E-state index is 0.210. The highest BCUT2D eigenvalue weighted by molar-refractivity contribution is 6.08. The van der Waals surface area contributed by atoms with Crippen molar-refractivity contribution in [2.24, 2.45) is 4.99 Å². The fraction of sp³-hybridized carbons (Fsp3) is 0.276. The van der Waals surface area contributed by atoms with Gasteiger partial charge in [0.2, 0.25) is 0 Å². The molecule has 3 nitrogen and oxygen atoms in total. The standard InChI is InChI=1S/C29H31FN2O/c1-4-8-29(31-3)25-14-15-28(26(20-33)18-23-12-7-16-32-21(23)2)24(19-25)11-5-9-22-10-6-13-27(30)17-22/h4,6-8,10,12-17,19-20,26H,5,9,11,18H2,1-3H3/b8-4-,31-29?. The monoisotopic (exact) mass is 442 g/mol. The summed E-state index contributed by atoms with van der Waals surface area (Å²) in [4.78, 5) is 21.0. The molecule has 0 N–H and O–H groups in total. The number of carbonyl (C=O) groups is 1. The molecule has 1 aromatic heterocycles. The first-order valence-electron chi connectivity index (χ1n) is 11.4. The van der Waals surface area contributed by atoms with E-state index < -0.39 is 0 Å². The minimum Gasteiger partial charge on any atom is -0.303 e. The highest BCUT2D eigenvalue weighted by Gasteiger charge is 2.18. The largest absolute Gasteiger partial charge is 0.303 e. The molecule has 0 fully saturated rings. The summed E-state index contributed by atoms with van der Waals surface area (Å²) in [6, 6.07) is 16.9. The molecule has 0 amide bonds. The molecular formula is C29H31FN2O. The van der Waals surface area contributed by atoms with Crippen LogP contribution in [0.15, 0.2) is 77.9 Å². The number of hydrogen-bond donors (Lipinski definition) is 0. The van der Waals surface area contributed by atoms with Crippen LogP contribution in [0.3, 0.4) is 0 Å². The highest BCUT2D eigenvalue weighted by Crippen LogP contribution is 2.27. The Morgan fingerprint density at radius 3 is 2.64 bits per heavy atom. The lowest BCUT2D eigenvalue weighted by molar-refractivity contribution is -0.109. The van der Waals surface area contributed by atoms with Gasteiger partial charge in [0.1, 0.15) is 12.1 Å². The predicted molar refractivity (Wildman–Crippen MR) is 134 cm³/mol. The van der Waals surface area contributed by atoms with Gasteiger partial charge in [-0.05, 0) is 97.7 Å². The zero-order chi connectivity index (χ0) is 23.6. The molecule has 0 radical (unpaired) electrons. The van der Waals surface area contributed by atoms with Crippen LogP contribution in [-0.4, -0.2) is 24.0 Å². The van der Waals surface area contributed by atoms with Crippen molar-refractivity contribution in [3.05, 3.63) is 112 Å². The molecule has 0 aliphatic rings. The average Bonchev–Trinajstić information content (AvgIpc) is 2.82. The fourth-order valence-electron chi connectivity index (χ4n) is 4.18. The van der Waals surface area contributed by atoms with E-state index in [9.17, 15) is 9.18 Å². The second kappa shape index (κ2) is 12.0. The molecule has 3 rings (SSSR count). The van der Waals surface area contributed by atoms with E-state index >= 15 is 0 Å². The van der Waals surface area contributed by atoms with E-state index in [-0.39, 0.29) is 11.7 Å². The van der Waals surface area contributed by atoms with E-state index in [1.54, 1.807) is 25.4 Å². The molecule has 3 aromatic rings. The van der Waals surface area contributed by atoms with Gasteiger partial charge in [-0.2, -0.15) is 0 Å². The van der Waals surface area contributed by atoms with E-state index in [0.717, 1.165) is 64.8 Å². The summed E-state index contributed by atoms with van der Waals surface area (Å²) in [5.41, 5.74) is 7.11. The molecule has 1 unspecified atom stereocenters. The van der Waals surface area contributed by atoms with Crippen LogP contribution in [0.25, 0.3) is 0 Å². The van der Waals surface area contributed by atoms with E-state index in [0.29, 0.717) is 6.42 Å². The van der Waals surface area contributed by atoms with E-state index in [1.807, 2.05) is 50.3 Å². The van der Waals surface area contributed by atoms with Crippen molar-refractivity contribution in [3.63, 3.8) is 0 Å². The van der Waals surface area contributed by atoms with Gasteiger partial charge in [0.15, 0.2) is 0 Å². The number of aliphatic imine (C=N–C) groups is 1. The number of rotatable bonds is 10. The Hall–Kier alpha value is -3.40. The maximum atomic E-state index is 13.6. The quantitative estimate of drug-likeness (QED) is 0.276. The van der Waals surface area contributed by atoms with Gasteiger partial charge in [-0.1, -0.05) is 36.4 Å². The SMILES string of the molecule is C/C=C\C(=NC)c1ccc(C(C=O)Cc2cccnc2C)c(CCCc2cccc(F)c2)c1. The van der Waals surface area contributed by atoms with Gasteiger partial charge < -0.3 is 4.79 Å². The predicted octanol–water partition coefficient (Wildman–Crippen LogP) is 6.22. The fourth-order valence-corrected chi connectivity index (χ4v) is 4.18. The first kappa shape index (κ1) is 24.2. The second-order valence-electron chi connectivity index (χ2n) is 8.20. The molecule has 0 saturated carbocycles. The summed E-state index contributed by atoms with van der Waals surface area (Å²) in [5.74, 6) is -0.465. The summed E-state index contributed by atoms with van der Waals surface area (Å²) in [6.07, 6.45) is 9.82. The molecule has 0 aliphatic heterocycles. The summed E-state index contributed by atoms with van der Waals surface area (Å²) in [7, 11) is 1.78. The summed E-state index contributed by atoms with van der Waals surface area (Å²) >= 11 is 0. The normalized spacial score (nSPS) is 12.8. The first-order chi connectivity index (χ1) is 16.0. The van der Waals surface area contributed by atoms with Gasteiger partial charge in [0.25, 0.3) is 0 Å². The Balaban J connectivity index is 1.91. The molecular weight excluding hydrogens is 411 g/mol. The summed E-state index contributed by atoms with van der Waals surface area (Å²) in [6.45, 7) is 3.94. The third kappa shape index (κ3) is 6.55. The van der Waals surface area contributed by atoms with Crippen molar-refractivity contribution in [3.8, 4) is 0 Å². The van der Waals surface area contributed by atoms with Crippen molar-refractivity contribution in [1.82, 2.24) is 4.98 Å². The number of allylic oxidation sites excluding steroid dienone is 2. The van der Waals surface area contributed by atoms with Crippen LogP contribution in [0.2, 0.25) is 0 Å². The van der Waals surface area contributed by atoms with Crippen LogP contribution in [0.4, 0.5) is 4.39 Å². The lowest BCUT2D eigenvalue weighted by atomic mass is 9.86. The average molecular weight is 443 g/mol. The molecule has 33 heavy (non-hydrogen) atoms. The third-order valence-corrected chi connectivity index (χ3v) is 5.92. The molecule has 0 bridgehead atoms. The molecule has 1 heterocycles. The van der Waals surface area contributed by atoms with Crippen LogP contribution >= 0.6 is 0 Å². The number of hydrogen-bond acceptors (Lipinski definition) is 3. The van der Waals surface area contributed by atoms with Gasteiger partial charge in [0.05, 0.1) is 5.71 Å². The van der Waals surface area contributed by atoms with Gasteiger partial charge in [-0.15, -0.1) is 0 Å². The third-order valence-electron chi connectivity index (χ3n) is 5.92. The number of nitrogens with zero attached hydrogens (tertiary/aromatic N) is 2. The number of halogens is 1. The maximum absolute atomic E-state index is 13.6. The van der Waals surface area contributed by atoms with Crippen LogP contribution < -0.4 is 0 Å². The van der Waals surface area contributed by atoms with Crippen LogP contribution in [-0.2, 0) is 24.1 Å². The summed E-state index contributed by atoms with van der Waals surface area (Å²) < 4.78 is 13.6. The smallest absolute Gasteiger partial charge is 0.127 e. The number of aldehydes is 1. The van der Waals surface area contributed by atoms with Crippen molar-refractivity contribution in [2.45, 2.75) is 45.4 Å². The topological polar surface area (TPSA) is 42.3 Å². The van der Waals surface area contributed by atoms with Crippen LogP contribution in [0.5, 0.6) is 0 Å². The Morgan fingerprint density at radius 2 is 1.94 bits per heavy atom. The van der Waals surface area contributed by atoms with E-state index in [2.05, 4.69) is 22.1 Å². The maximum Gasteiger partial charge on any atom is 0.127 e. The van der Waals surface area contributed by atoms with Crippen molar-refractivity contribution >= 4 is 12.0 Å². The number of benzene rings is 2. The Morgan fingerprint density at radius 1 is 1.09 bits per heavy atom.